The van der Waals surface area contributed by atoms with E-state index in [4.69, 9.17) is 10.5 Å². The number of fused-ring (bicyclic) bond motifs is 1. The molecule has 0 fully saturated rings. The lowest BCUT2D eigenvalue weighted by molar-refractivity contribution is 0.215. The van der Waals surface area contributed by atoms with Gasteiger partial charge in [0.25, 0.3) is 0 Å². The van der Waals surface area contributed by atoms with Gasteiger partial charge in [0.15, 0.2) is 0 Å². The summed E-state index contributed by atoms with van der Waals surface area (Å²) < 4.78 is 18.8. The molecule has 0 aliphatic carbocycles. The second kappa shape index (κ2) is 5.25. The Hall–Kier alpha value is -1.87. The van der Waals surface area contributed by atoms with Gasteiger partial charge in [-0.3, -0.25) is 0 Å². The van der Waals surface area contributed by atoms with Gasteiger partial charge in [-0.15, -0.1) is 0 Å². The van der Waals surface area contributed by atoms with Gasteiger partial charge in [0, 0.05) is 17.5 Å². The molecule has 20 heavy (non-hydrogen) atoms. The van der Waals surface area contributed by atoms with E-state index in [0.29, 0.717) is 13.2 Å². The topological polar surface area (TPSA) is 35.2 Å². The van der Waals surface area contributed by atoms with Crippen molar-refractivity contribution in [3.8, 4) is 5.75 Å². The van der Waals surface area contributed by atoms with Gasteiger partial charge < -0.3 is 10.5 Å². The predicted molar refractivity (Wildman–Crippen MR) is 77.4 cm³/mol. The minimum Gasteiger partial charge on any atom is -0.493 e. The summed E-state index contributed by atoms with van der Waals surface area (Å²) in [6, 6.07) is 14.8. The molecular formula is C17H18FNO. The number of hydrogen-bond acceptors (Lipinski definition) is 2. The average molecular weight is 271 g/mol. The summed E-state index contributed by atoms with van der Waals surface area (Å²) in [5, 5.41) is 0. The van der Waals surface area contributed by atoms with E-state index in [1.165, 1.54) is 12.1 Å². The highest BCUT2D eigenvalue weighted by atomic mass is 19.1. The van der Waals surface area contributed by atoms with Crippen LogP contribution in [0.25, 0.3) is 0 Å². The second-order valence-corrected chi connectivity index (χ2v) is 5.38. The first kappa shape index (κ1) is 13.1. The van der Waals surface area contributed by atoms with Crippen LogP contribution in [0.2, 0.25) is 0 Å². The largest absolute Gasteiger partial charge is 0.493 e. The van der Waals surface area contributed by atoms with Crippen LogP contribution < -0.4 is 10.5 Å². The van der Waals surface area contributed by atoms with Crippen molar-refractivity contribution < 1.29 is 9.13 Å². The minimum absolute atomic E-state index is 0.118. The van der Waals surface area contributed by atoms with E-state index < -0.39 is 0 Å². The van der Waals surface area contributed by atoms with Crippen molar-refractivity contribution in [2.45, 2.75) is 18.3 Å². The Morgan fingerprint density at radius 1 is 1.10 bits per heavy atom. The normalized spacial score (nSPS) is 21.1. The molecule has 0 spiro atoms. The van der Waals surface area contributed by atoms with Crippen molar-refractivity contribution in [2.75, 3.05) is 13.2 Å². The third-order valence-corrected chi connectivity index (χ3v) is 4.14. The van der Waals surface area contributed by atoms with Crippen molar-refractivity contribution in [2.24, 2.45) is 5.73 Å². The summed E-state index contributed by atoms with van der Waals surface area (Å²) in [7, 11) is 0. The molecule has 1 aliphatic heterocycles. The highest BCUT2D eigenvalue weighted by Gasteiger charge is 2.36. The van der Waals surface area contributed by atoms with Crippen LogP contribution in [-0.2, 0) is 11.8 Å². The van der Waals surface area contributed by atoms with E-state index >= 15 is 0 Å². The first-order chi connectivity index (χ1) is 9.73. The molecule has 0 saturated heterocycles. The molecule has 0 aromatic heterocycles. The van der Waals surface area contributed by atoms with Gasteiger partial charge >= 0.3 is 0 Å². The monoisotopic (exact) mass is 271 g/mol. The van der Waals surface area contributed by atoms with Gasteiger partial charge in [0.2, 0.25) is 0 Å². The Morgan fingerprint density at radius 3 is 2.60 bits per heavy atom. The second-order valence-electron chi connectivity index (χ2n) is 5.38. The smallest absolute Gasteiger partial charge is 0.123 e. The molecule has 2 aromatic rings. The van der Waals surface area contributed by atoms with Crippen LogP contribution in [0.4, 0.5) is 4.39 Å². The van der Waals surface area contributed by atoms with Crippen LogP contribution in [0, 0.1) is 5.82 Å². The number of halogens is 1. The summed E-state index contributed by atoms with van der Waals surface area (Å²) >= 11 is 0. The Kier molecular flexibility index (Phi) is 3.45. The van der Waals surface area contributed by atoms with Crippen molar-refractivity contribution in [3.63, 3.8) is 0 Å². The zero-order chi connectivity index (χ0) is 14.0. The van der Waals surface area contributed by atoms with Crippen molar-refractivity contribution in [1.82, 2.24) is 0 Å². The van der Waals surface area contributed by atoms with Crippen LogP contribution in [0.1, 0.15) is 17.5 Å². The molecule has 3 rings (SSSR count). The van der Waals surface area contributed by atoms with Crippen LogP contribution in [0.5, 0.6) is 5.75 Å². The zero-order valence-corrected chi connectivity index (χ0v) is 11.3. The molecule has 1 unspecified atom stereocenters. The van der Waals surface area contributed by atoms with Crippen molar-refractivity contribution >= 4 is 0 Å². The quantitative estimate of drug-likeness (QED) is 0.931. The molecule has 1 atom stereocenters. The van der Waals surface area contributed by atoms with Gasteiger partial charge in [-0.1, -0.05) is 30.3 Å². The van der Waals surface area contributed by atoms with Gasteiger partial charge in [0.1, 0.15) is 11.6 Å². The van der Waals surface area contributed by atoms with Gasteiger partial charge in [-0.05, 0) is 36.6 Å². The minimum atomic E-state index is -0.206. The molecule has 1 aliphatic rings. The fraction of sp³-hybridized carbons (Fsp3) is 0.294. The van der Waals surface area contributed by atoms with E-state index in [2.05, 4.69) is 6.07 Å². The maximum atomic E-state index is 13.0. The maximum absolute atomic E-state index is 13.0. The molecule has 0 bridgehead atoms. The lowest BCUT2D eigenvalue weighted by Gasteiger charge is -2.38. The SMILES string of the molecule is NCC1(Cc2ccc(F)cc2)CCOc2ccccc21. The number of para-hydroxylation sites is 1. The number of ether oxygens (including phenoxy) is 1. The molecule has 2 aromatic carbocycles. The Morgan fingerprint density at radius 2 is 1.85 bits per heavy atom. The third-order valence-electron chi connectivity index (χ3n) is 4.14. The highest BCUT2D eigenvalue weighted by Crippen LogP contribution is 2.40. The predicted octanol–water partition coefficient (Wildman–Crippen LogP) is 3.05. The number of rotatable bonds is 3. The lowest BCUT2D eigenvalue weighted by Crippen LogP contribution is -2.41. The average Bonchev–Trinajstić information content (AvgIpc) is 2.50. The molecule has 1 heterocycles. The number of benzene rings is 2. The van der Waals surface area contributed by atoms with Crippen LogP contribution in [-0.4, -0.2) is 13.2 Å². The lowest BCUT2D eigenvalue weighted by atomic mass is 9.72. The molecule has 3 heteroatoms. The van der Waals surface area contributed by atoms with E-state index in [0.717, 1.165) is 29.7 Å². The maximum Gasteiger partial charge on any atom is 0.123 e. The summed E-state index contributed by atoms with van der Waals surface area (Å²) in [5.74, 6) is 0.717. The van der Waals surface area contributed by atoms with Crippen LogP contribution in [0.15, 0.2) is 48.5 Å². The van der Waals surface area contributed by atoms with Crippen LogP contribution >= 0.6 is 0 Å². The summed E-state index contributed by atoms with van der Waals surface area (Å²) in [6.45, 7) is 1.24. The number of nitrogens with two attached hydrogens (primary N) is 1. The molecule has 0 saturated carbocycles. The fourth-order valence-corrected chi connectivity index (χ4v) is 2.98. The third kappa shape index (κ3) is 2.29. The van der Waals surface area contributed by atoms with Gasteiger partial charge in [-0.25, -0.2) is 4.39 Å². The molecule has 104 valence electrons. The van der Waals surface area contributed by atoms with E-state index in [1.54, 1.807) is 0 Å². The molecular weight excluding hydrogens is 253 g/mol. The fourth-order valence-electron chi connectivity index (χ4n) is 2.98. The zero-order valence-electron chi connectivity index (χ0n) is 11.3. The molecule has 2 nitrogen and oxygen atoms in total. The Labute approximate surface area is 118 Å². The summed E-state index contributed by atoms with van der Waals surface area (Å²) in [5.41, 5.74) is 8.25. The highest BCUT2D eigenvalue weighted by molar-refractivity contribution is 5.43. The number of hydrogen-bond donors (Lipinski definition) is 1. The van der Waals surface area contributed by atoms with Crippen LogP contribution in [0.3, 0.4) is 0 Å². The van der Waals surface area contributed by atoms with E-state index in [-0.39, 0.29) is 11.2 Å². The molecule has 0 amide bonds. The van der Waals surface area contributed by atoms with Gasteiger partial charge in [-0.2, -0.15) is 0 Å². The van der Waals surface area contributed by atoms with E-state index in [1.807, 2.05) is 30.3 Å². The van der Waals surface area contributed by atoms with Crippen molar-refractivity contribution in [3.05, 3.63) is 65.5 Å². The summed E-state index contributed by atoms with van der Waals surface area (Å²) in [6.07, 6.45) is 1.70. The van der Waals surface area contributed by atoms with Crippen molar-refractivity contribution in [1.29, 1.82) is 0 Å². The first-order valence-electron chi connectivity index (χ1n) is 6.90. The Balaban J connectivity index is 1.98. The first-order valence-corrected chi connectivity index (χ1v) is 6.90. The summed E-state index contributed by atoms with van der Waals surface area (Å²) in [4.78, 5) is 0. The molecule has 0 radical (unpaired) electrons. The standard InChI is InChI=1S/C17H18FNO/c18-14-7-5-13(6-8-14)11-17(12-19)9-10-20-16-4-2-1-3-15(16)17/h1-8H,9-12,19H2. The Bertz CT molecular complexity index is 596. The van der Waals surface area contributed by atoms with E-state index in [9.17, 15) is 4.39 Å². The molecule has 2 N–H and O–H groups in total. The van der Waals surface area contributed by atoms with Gasteiger partial charge in [0.05, 0.1) is 6.61 Å².